The van der Waals surface area contributed by atoms with Crippen molar-refractivity contribution in [2.75, 3.05) is 17.7 Å². The van der Waals surface area contributed by atoms with E-state index in [1.54, 1.807) is 18.2 Å². The summed E-state index contributed by atoms with van der Waals surface area (Å²) >= 11 is 0. The quantitative estimate of drug-likeness (QED) is 0.212. The summed E-state index contributed by atoms with van der Waals surface area (Å²) in [6.45, 7) is 2.01. The SMILES string of the molecule is CCCCC(=O)Nc1cc2c(Oc3ccc(NC(=O)CCCc4ccccc4)cc3F)ncnc2cc1OC. The molecule has 4 aromatic rings. The van der Waals surface area contributed by atoms with E-state index in [0.717, 1.165) is 19.3 Å². The zero-order chi connectivity index (χ0) is 27.6. The van der Waals surface area contributed by atoms with Gasteiger partial charge in [-0.05, 0) is 43.0 Å². The normalized spacial score (nSPS) is 10.7. The van der Waals surface area contributed by atoms with Gasteiger partial charge in [-0.1, -0.05) is 43.7 Å². The van der Waals surface area contributed by atoms with Crippen molar-refractivity contribution in [3.8, 4) is 17.4 Å². The van der Waals surface area contributed by atoms with Crippen LogP contribution in [0, 0.1) is 5.82 Å². The van der Waals surface area contributed by atoms with Crippen molar-refractivity contribution in [1.82, 2.24) is 9.97 Å². The van der Waals surface area contributed by atoms with Gasteiger partial charge in [-0.2, -0.15) is 0 Å². The minimum Gasteiger partial charge on any atom is -0.494 e. The lowest BCUT2D eigenvalue weighted by atomic mass is 10.1. The Kier molecular flexibility index (Phi) is 9.39. The Morgan fingerprint density at radius 2 is 1.67 bits per heavy atom. The lowest BCUT2D eigenvalue weighted by molar-refractivity contribution is -0.117. The molecule has 0 radical (unpaired) electrons. The molecule has 39 heavy (non-hydrogen) atoms. The Labute approximate surface area is 226 Å². The summed E-state index contributed by atoms with van der Waals surface area (Å²) in [5.74, 6) is -0.511. The summed E-state index contributed by atoms with van der Waals surface area (Å²) < 4.78 is 26.2. The number of aryl methyl sites for hydroxylation is 1. The number of hydrogen-bond donors (Lipinski definition) is 2. The van der Waals surface area contributed by atoms with Gasteiger partial charge in [-0.15, -0.1) is 0 Å². The second kappa shape index (κ2) is 13.3. The maximum absolute atomic E-state index is 15.0. The molecule has 8 nitrogen and oxygen atoms in total. The number of hydrogen-bond acceptors (Lipinski definition) is 6. The van der Waals surface area contributed by atoms with Crippen LogP contribution in [-0.2, 0) is 16.0 Å². The van der Waals surface area contributed by atoms with Crippen molar-refractivity contribution in [2.45, 2.75) is 45.4 Å². The lowest BCUT2D eigenvalue weighted by Crippen LogP contribution is -2.12. The van der Waals surface area contributed by atoms with E-state index in [2.05, 4.69) is 20.6 Å². The van der Waals surface area contributed by atoms with Crippen LogP contribution in [0.3, 0.4) is 0 Å². The third-order valence-corrected chi connectivity index (χ3v) is 6.09. The van der Waals surface area contributed by atoms with Crippen molar-refractivity contribution in [2.24, 2.45) is 0 Å². The molecule has 1 aromatic heterocycles. The average molecular weight is 531 g/mol. The number of halogens is 1. The van der Waals surface area contributed by atoms with Gasteiger partial charge in [0.05, 0.1) is 23.7 Å². The molecule has 0 fully saturated rings. The molecule has 9 heteroatoms. The van der Waals surface area contributed by atoms with Crippen molar-refractivity contribution in [3.63, 3.8) is 0 Å². The largest absolute Gasteiger partial charge is 0.494 e. The van der Waals surface area contributed by atoms with E-state index in [4.69, 9.17) is 9.47 Å². The predicted molar refractivity (Wildman–Crippen MR) is 149 cm³/mol. The zero-order valence-corrected chi connectivity index (χ0v) is 22.0. The topological polar surface area (TPSA) is 102 Å². The molecule has 1 heterocycles. The average Bonchev–Trinajstić information content (AvgIpc) is 2.94. The second-order valence-corrected chi connectivity index (χ2v) is 9.03. The molecular formula is C30H31FN4O4. The smallest absolute Gasteiger partial charge is 0.230 e. The molecule has 2 N–H and O–H groups in total. The number of amides is 2. The monoisotopic (exact) mass is 530 g/mol. The fourth-order valence-electron chi connectivity index (χ4n) is 4.04. The van der Waals surface area contributed by atoms with Crippen LogP contribution in [0.1, 0.15) is 44.6 Å². The molecule has 0 aliphatic rings. The summed E-state index contributed by atoms with van der Waals surface area (Å²) in [4.78, 5) is 33.1. The third kappa shape index (κ3) is 7.50. The number of ether oxygens (including phenoxy) is 2. The number of carbonyl (C=O) groups excluding carboxylic acids is 2. The van der Waals surface area contributed by atoms with Gasteiger partial charge in [0.25, 0.3) is 0 Å². The van der Waals surface area contributed by atoms with Crippen molar-refractivity contribution < 1.29 is 23.5 Å². The highest BCUT2D eigenvalue weighted by Crippen LogP contribution is 2.35. The first-order chi connectivity index (χ1) is 19.0. The Hall–Kier alpha value is -4.53. The molecule has 0 bridgehead atoms. The first-order valence-electron chi connectivity index (χ1n) is 12.9. The minimum absolute atomic E-state index is 0.0681. The fraction of sp³-hybridized carbons (Fsp3) is 0.267. The van der Waals surface area contributed by atoms with Gasteiger partial charge in [0.2, 0.25) is 17.7 Å². The van der Waals surface area contributed by atoms with E-state index in [-0.39, 0.29) is 23.4 Å². The van der Waals surface area contributed by atoms with E-state index in [9.17, 15) is 14.0 Å². The number of carbonyl (C=O) groups is 2. The molecule has 0 aliphatic carbocycles. The van der Waals surface area contributed by atoms with Crippen LogP contribution >= 0.6 is 0 Å². The van der Waals surface area contributed by atoms with Gasteiger partial charge in [-0.25, -0.2) is 14.4 Å². The van der Waals surface area contributed by atoms with Crippen LogP contribution in [0.25, 0.3) is 10.9 Å². The second-order valence-electron chi connectivity index (χ2n) is 9.03. The first-order valence-corrected chi connectivity index (χ1v) is 12.9. The van der Waals surface area contributed by atoms with Gasteiger partial charge < -0.3 is 20.1 Å². The number of methoxy groups -OCH3 is 1. The maximum atomic E-state index is 15.0. The van der Waals surface area contributed by atoms with E-state index in [1.165, 1.54) is 31.1 Å². The van der Waals surface area contributed by atoms with Crippen LogP contribution in [0.15, 0.2) is 67.0 Å². The summed E-state index contributed by atoms with van der Waals surface area (Å²) in [5.41, 5.74) is 2.44. The minimum atomic E-state index is -0.662. The third-order valence-electron chi connectivity index (χ3n) is 6.09. The Balaban J connectivity index is 1.45. The molecule has 0 saturated heterocycles. The summed E-state index contributed by atoms with van der Waals surface area (Å²) in [6.07, 6.45) is 5.15. The predicted octanol–water partition coefficient (Wildman–Crippen LogP) is 6.66. The van der Waals surface area contributed by atoms with E-state index in [0.29, 0.717) is 47.3 Å². The highest BCUT2D eigenvalue weighted by atomic mass is 19.1. The van der Waals surface area contributed by atoms with Crippen LogP contribution in [0.4, 0.5) is 15.8 Å². The molecule has 0 aliphatic heterocycles. The number of rotatable bonds is 12. The molecular weight excluding hydrogens is 499 g/mol. The molecule has 0 atom stereocenters. The van der Waals surface area contributed by atoms with Crippen LogP contribution in [0.5, 0.6) is 17.4 Å². The number of nitrogens with one attached hydrogen (secondary N) is 2. The van der Waals surface area contributed by atoms with Gasteiger partial charge in [0, 0.05) is 30.7 Å². The first kappa shape index (κ1) is 27.5. The zero-order valence-electron chi connectivity index (χ0n) is 22.0. The van der Waals surface area contributed by atoms with Gasteiger partial charge in [0.1, 0.15) is 12.1 Å². The van der Waals surface area contributed by atoms with Crippen molar-refractivity contribution in [3.05, 3.63) is 78.4 Å². The number of anilines is 2. The van der Waals surface area contributed by atoms with Crippen LogP contribution < -0.4 is 20.1 Å². The number of fused-ring (bicyclic) bond motifs is 1. The molecule has 2 amide bonds. The molecule has 0 saturated carbocycles. The van der Waals surface area contributed by atoms with E-state index >= 15 is 0 Å². The number of nitrogens with zero attached hydrogens (tertiary/aromatic N) is 2. The van der Waals surface area contributed by atoms with Crippen molar-refractivity contribution in [1.29, 1.82) is 0 Å². The van der Waals surface area contributed by atoms with E-state index in [1.807, 2.05) is 37.3 Å². The summed E-state index contributed by atoms with van der Waals surface area (Å²) in [7, 11) is 1.50. The standard InChI is InChI=1S/C30H31FN4O4/c1-3-4-12-29(37)35-25-17-22-24(18-27(25)38-2)32-19-33-30(22)39-26-15-14-21(16-23(26)31)34-28(36)13-8-11-20-9-6-5-7-10-20/h5-7,9-10,14-19H,3-4,8,11-13H2,1-2H3,(H,34,36)(H,35,37). The fourth-order valence-corrected chi connectivity index (χ4v) is 4.04. The lowest BCUT2D eigenvalue weighted by Gasteiger charge is -2.14. The van der Waals surface area contributed by atoms with Gasteiger partial charge in [0.15, 0.2) is 11.6 Å². The van der Waals surface area contributed by atoms with E-state index < -0.39 is 5.82 Å². The highest BCUT2D eigenvalue weighted by Gasteiger charge is 2.16. The number of aromatic nitrogens is 2. The van der Waals surface area contributed by atoms with Gasteiger partial charge >= 0.3 is 0 Å². The molecule has 0 unspecified atom stereocenters. The number of benzene rings is 3. The van der Waals surface area contributed by atoms with Crippen LogP contribution in [-0.4, -0.2) is 28.9 Å². The molecule has 202 valence electrons. The molecule has 4 rings (SSSR count). The van der Waals surface area contributed by atoms with Crippen LogP contribution in [0.2, 0.25) is 0 Å². The van der Waals surface area contributed by atoms with Crippen molar-refractivity contribution >= 4 is 34.1 Å². The summed E-state index contributed by atoms with van der Waals surface area (Å²) in [5, 5.41) is 6.05. The highest BCUT2D eigenvalue weighted by molar-refractivity contribution is 5.97. The number of unbranched alkanes of at least 4 members (excludes halogenated alkanes) is 1. The maximum Gasteiger partial charge on any atom is 0.230 e. The van der Waals surface area contributed by atoms with Gasteiger partial charge in [-0.3, -0.25) is 9.59 Å². The summed E-state index contributed by atoms with van der Waals surface area (Å²) in [6, 6.07) is 17.4. The Morgan fingerprint density at radius 3 is 2.41 bits per heavy atom. The molecule has 0 spiro atoms. The Morgan fingerprint density at radius 1 is 0.897 bits per heavy atom. The molecule has 3 aromatic carbocycles. The Bertz CT molecular complexity index is 1450.